The van der Waals surface area contributed by atoms with Gasteiger partial charge in [0.25, 0.3) is 0 Å². The van der Waals surface area contributed by atoms with Crippen LogP contribution in [0.3, 0.4) is 0 Å². The van der Waals surface area contributed by atoms with Crippen LogP contribution in [0.2, 0.25) is 0 Å². The lowest BCUT2D eigenvalue weighted by molar-refractivity contribution is -0.0105. The molecular formula is C25H49N2O2P. The van der Waals surface area contributed by atoms with E-state index in [9.17, 15) is 5.11 Å². The Morgan fingerprint density at radius 3 is 1.67 bits per heavy atom. The van der Waals surface area contributed by atoms with Crippen LogP contribution in [0.15, 0.2) is 0 Å². The van der Waals surface area contributed by atoms with Gasteiger partial charge in [-0.3, -0.25) is 4.57 Å². The van der Waals surface area contributed by atoms with Gasteiger partial charge < -0.3 is 5.11 Å². The summed E-state index contributed by atoms with van der Waals surface area (Å²) < 4.78 is 20.2. The third-order valence-corrected chi connectivity index (χ3v) is 11.7. The summed E-state index contributed by atoms with van der Waals surface area (Å²) in [5, 5.41) is 11.8. The lowest BCUT2D eigenvalue weighted by Crippen LogP contribution is -2.48. The van der Waals surface area contributed by atoms with Gasteiger partial charge in [0.1, 0.15) is 0 Å². The van der Waals surface area contributed by atoms with Gasteiger partial charge in [0.05, 0.1) is 11.3 Å². The summed E-state index contributed by atoms with van der Waals surface area (Å²) in [6.07, 6.45) is 8.45. The van der Waals surface area contributed by atoms with Crippen LogP contribution < -0.4 is 0 Å². The van der Waals surface area contributed by atoms with Gasteiger partial charge in [0.15, 0.2) is 0 Å². The molecule has 0 aromatic rings. The molecular weight excluding hydrogens is 391 g/mol. The van der Waals surface area contributed by atoms with Crippen LogP contribution in [0.25, 0.3) is 0 Å². The van der Waals surface area contributed by atoms with Crippen LogP contribution in [-0.4, -0.2) is 50.9 Å². The predicted octanol–water partition coefficient (Wildman–Crippen LogP) is 6.53. The zero-order valence-electron chi connectivity index (χ0n) is 21.1. The number of rotatable bonds is 4. The van der Waals surface area contributed by atoms with Crippen molar-refractivity contribution >= 4 is 7.44 Å². The topological polar surface area (TPSA) is 43.8 Å². The third-order valence-electron chi connectivity index (χ3n) is 7.89. The Kier molecular flexibility index (Phi) is 6.99. The van der Waals surface area contributed by atoms with E-state index >= 15 is 4.57 Å². The monoisotopic (exact) mass is 440 g/mol. The molecule has 4 nitrogen and oxygen atoms in total. The molecule has 1 saturated heterocycles. The fourth-order valence-electron chi connectivity index (χ4n) is 6.21. The lowest BCUT2D eigenvalue weighted by atomic mass is 9.78. The number of hydrogen-bond acceptors (Lipinski definition) is 2. The summed E-state index contributed by atoms with van der Waals surface area (Å²) in [6.45, 7) is 19.7. The van der Waals surface area contributed by atoms with Crippen LogP contribution in [0.1, 0.15) is 107 Å². The molecule has 176 valence electrons. The Labute approximate surface area is 186 Å². The van der Waals surface area contributed by atoms with Crippen LogP contribution in [0, 0.1) is 16.7 Å². The van der Waals surface area contributed by atoms with Crippen molar-refractivity contribution in [2.45, 2.75) is 130 Å². The number of aliphatic hydroxyl groups is 1. The standard InChI is InChI=1S/C25H49N2O2P/c1-19-13-15-25(28,16-14-19)20(2)30(29)26(17-23(3,4)5)21-11-9-10-12-22(21)27(30)18-24(6,7)8/h19-22,28H,9-18H2,1-8H3/t19?,20-,21+,22+,25?/m0/s1. The maximum atomic E-state index is 15.4. The Morgan fingerprint density at radius 1 is 0.900 bits per heavy atom. The molecule has 3 aliphatic rings. The molecule has 5 heteroatoms. The second-order valence-electron chi connectivity index (χ2n) is 13.3. The molecule has 30 heavy (non-hydrogen) atoms. The molecule has 3 atom stereocenters. The minimum absolute atomic E-state index is 0.0822. The fraction of sp³-hybridized carbons (Fsp3) is 1.00. The van der Waals surface area contributed by atoms with Crippen molar-refractivity contribution in [3.63, 3.8) is 0 Å². The minimum atomic E-state index is -2.92. The first kappa shape index (κ1) is 24.7. The highest BCUT2D eigenvalue weighted by Gasteiger charge is 2.61. The van der Waals surface area contributed by atoms with E-state index in [2.05, 4.69) is 64.7 Å². The molecule has 2 aliphatic carbocycles. The first-order chi connectivity index (χ1) is 13.7. The van der Waals surface area contributed by atoms with Gasteiger partial charge in [-0.05, 0) is 55.3 Å². The zero-order chi connectivity index (χ0) is 22.5. The zero-order valence-corrected chi connectivity index (χ0v) is 22.0. The SMILES string of the molecule is CC1CCC(O)([C@H](C)P2(=O)N(CC(C)(C)C)[C@@H]3CCCC[C@H]3N2CC(C)(C)C)CC1. The fourth-order valence-corrected chi connectivity index (χ4v) is 10.9. The highest BCUT2D eigenvalue weighted by atomic mass is 31.2. The van der Waals surface area contributed by atoms with Gasteiger partial charge in [0.2, 0.25) is 7.44 Å². The summed E-state index contributed by atoms with van der Waals surface area (Å²) in [7, 11) is -2.92. The Balaban J connectivity index is 2.06. The van der Waals surface area contributed by atoms with Crippen molar-refractivity contribution in [3.05, 3.63) is 0 Å². The van der Waals surface area contributed by atoms with E-state index in [4.69, 9.17) is 0 Å². The van der Waals surface area contributed by atoms with Crippen molar-refractivity contribution in [1.82, 2.24) is 9.34 Å². The molecule has 0 aromatic carbocycles. The van der Waals surface area contributed by atoms with Crippen molar-refractivity contribution in [3.8, 4) is 0 Å². The maximum absolute atomic E-state index is 15.4. The Hall–Kier alpha value is 0.110. The average Bonchev–Trinajstić information content (AvgIpc) is 2.85. The average molecular weight is 441 g/mol. The van der Waals surface area contributed by atoms with E-state index in [1.807, 2.05) is 0 Å². The maximum Gasteiger partial charge on any atom is 0.222 e. The first-order valence-corrected chi connectivity index (χ1v) is 14.2. The first-order valence-electron chi connectivity index (χ1n) is 12.5. The van der Waals surface area contributed by atoms with Crippen LogP contribution in [0.4, 0.5) is 0 Å². The van der Waals surface area contributed by atoms with Gasteiger partial charge >= 0.3 is 0 Å². The normalized spacial score (nSPS) is 37.2. The summed E-state index contributed by atoms with van der Waals surface area (Å²) in [5.41, 5.74) is -0.841. The molecule has 2 saturated carbocycles. The van der Waals surface area contributed by atoms with Crippen molar-refractivity contribution in [1.29, 1.82) is 0 Å². The van der Waals surface area contributed by atoms with E-state index in [1.165, 1.54) is 12.8 Å². The molecule has 1 heterocycles. The highest BCUT2D eigenvalue weighted by Crippen LogP contribution is 2.70. The molecule has 0 bridgehead atoms. The Morgan fingerprint density at radius 2 is 1.30 bits per heavy atom. The smallest absolute Gasteiger partial charge is 0.222 e. The van der Waals surface area contributed by atoms with E-state index in [0.717, 1.165) is 51.6 Å². The highest BCUT2D eigenvalue weighted by molar-refractivity contribution is 7.60. The van der Waals surface area contributed by atoms with E-state index in [0.29, 0.717) is 18.0 Å². The summed E-state index contributed by atoms with van der Waals surface area (Å²) in [4.78, 5) is 0. The molecule has 0 unspecified atom stereocenters. The Bertz CT molecular complexity index is 607. The molecule has 0 radical (unpaired) electrons. The molecule has 1 N–H and O–H groups in total. The summed E-state index contributed by atoms with van der Waals surface area (Å²) in [5.74, 6) is 0.668. The molecule has 3 rings (SSSR count). The van der Waals surface area contributed by atoms with E-state index < -0.39 is 13.0 Å². The second kappa shape index (κ2) is 8.47. The van der Waals surface area contributed by atoms with Gasteiger partial charge in [-0.15, -0.1) is 0 Å². The number of fused-ring (bicyclic) bond motifs is 1. The molecule has 3 fully saturated rings. The van der Waals surface area contributed by atoms with E-state index in [-0.39, 0.29) is 16.5 Å². The summed E-state index contributed by atoms with van der Waals surface area (Å²) in [6, 6.07) is 0.749. The predicted molar refractivity (Wildman–Crippen MR) is 128 cm³/mol. The van der Waals surface area contributed by atoms with Crippen molar-refractivity contribution in [2.24, 2.45) is 16.7 Å². The van der Waals surface area contributed by atoms with Crippen LogP contribution >= 0.6 is 7.44 Å². The van der Waals surface area contributed by atoms with Crippen molar-refractivity contribution in [2.75, 3.05) is 13.1 Å². The van der Waals surface area contributed by atoms with Gasteiger partial charge in [0, 0.05) is 25.2 Å². The molecule has 1 aliphatic heterocycles. The molecule has 0 spiro atoms. The van der Waals surface area contributed by atoms with Gasteiger partial charge in [-0.2, -0.15) is 0 Å². The van der Waals surface area contributed by atoms with Gasteiger partial charge in [-0.25, -0.2) is 9.34 Å². The minimum Gasteiger partial charge on any atom is -0.389 e. The largest absolute Gasteiger partial charge is 0.389 e. The second-order valence-corrected chi connectivity index (χ2v) is 16.3. The van der Waals surface area contributed by atoms with Crippen LogP contribution in [-0.2, 0) is 4.57 Å². The number of hydrogen-bond donors (Lipinski definition) is 1. The molecule has 0 amide bonds. The van der Waals surface area contributed by atoms with Crippen molar-refractivity contribution < 1.29 is 9.67 Å². The van der Waals surface area contributed by atoms with E-state index in [1.54, 1.807) is 0 Å². The summed E-state index contributed by atoms with van der Waals surface area (Å²) >= 11 is 0. The number of nitrogens with zero attached hydrogens (tertiary/aromatic N) is 2. The van der Waals surface area contributed by atoms with Crippen LogP contribution in [0.5, 0.6) is 0 Å². The quantitative estimate of drug-likeness (QED) is 0.505. The molecule has 0 aromatic heterocycles. The third kappa shape index (κ3) is 4.87. The van der Waals surface area contributed by atoms with Gasteiger partial charge in [-0.1, -0.05) is 68.2 Å². The lowest BCUT2D eigenvalue weighted by Gasteiger charge is -2.47.